The molecule has 1 unspecified atom stereocenters. The SMILES string of the molecule is Nc1ccc(C(=O)NCC(O)C(F)F)cc1Cl. The minimum atomic E-state index is -2.90. The van der Waals surface area contributed by atoms with E-state index < -0.39 is 25.0 Å². The number of carbonyl (C=O) groups excluding carboxylic acids is 1. The van der Waals surface area contributed by atoms with Gasteiger partial charge < -0.3 is 16.2 Å². The number of hydrogen-bond donors (Lipinski definition) is 3. The van der Waals surface area contributed by atoms with Crippen LogP contribution in [0.4, 0.5) is 14.5 Å². The molecule has 1 atom stereocenters. The standard InChI is InChI=1S/C10H11ClF2N2O2/c11-6-3-5(1-2-7(6)14)10(17)15-4-8(16)9(12)13/h1-3,8-9,16H,4,14H2,(H,15,17). The van der Waals surface area contributed by atoms with Crippen LogP contribution in [-0.4, -0.2) is 30.1 Å². The van der Waals surface area contributed by atoms with Crippen LogP contribution in [0.15, 0.2) is 18.2 Å². The summed E-state index contributed by atoms with van der Waals surface area (Å²) >= 11 is 5.70. The molecule has 4 nitrogen and oxygen atoms in total. The van der Waals surface area contributed by atoms with E-state index in [1.54, 1.807) is 0 Å². The number of halogens is 3. The molecule has 0 aliphatic heterocycles. The zero-order valence-electron chi connectivity index (χ0n) is 8.66. The van der Waals surface area contributed by atoms with Crippen molar-refractivity contribution in [2.45, 2.75) is 12.5 Å². The zero-order valence-corrected chi connectivity index (χ0v) is 9.42. The van der Waals surface area contributed by atoms with E-state index in [1.807, 2.05) is 0 Å². The lowest BCUT2D eigenvalue weighted by Crippen LogP contribution is -2.35. The highest BCUT2D eigenvalue weighted by molar-refractivity contribution is 6.33. The minimum Gasteiger partial charge on any atom is -0.398 e. The maximum Gasteiger partial charge on any atom is 0.265 e. The summed E-state index contributed by atoms with van der Waals surface area (Å²) in [7, 11) is 0. The Morgan fingerprint density at radius 3 is 2.71 bits per heavy atom. The number of hydrogen-bond acceptors (Lipinski definition) is 3. The Hall–Kier alpha value is -1.40. The summed E-state index contributed by atoms with van der Waals surface area (Å²) in [6.45, 7) is -0.529. The first-order chi connectivity index (χ1) is 7.91. The third-order valence-electron chi connectivity index (χ3n) is 2.03. The molecular weight excluding hydrogens is 254 g/mol. The van der Waals surface area contributed by atoms with E-state index in [-0.39, 0.29) is 10.6 Å². The van der Waals surface area contributed by atoms with Gasteiger partial charge in [0.05, 0.1) is 10.7 Å². The lowest BCUT2D eigenvalue weighted by Gasteiger charge is -2.11. The third kappa shape index (κ3) is 3.83. The van der Waals surface area contributed by atoms with Crippen molar-refractivity contribution in [3.63, 3.8) is 0 Å². The van der Waals surface area contributed by atoms with Crippen LogP contribution in [0.1, 0.15) is 10.4 Å². The molecule has 0 fully saturated rings. The van der Waals surface area contributed by atoms with Crippen molar-refractivity contribution in [2.75, 3.05) is 12.3 Å². The number of nitrogens with two attached hydrogens (primary N) is 1. The average molecular weight is 265 g/mol. The van der Waals surface area contributed by atoms with E-state index in [1.165, 1.54) is 18.2 Å². The summed E-state index contributed by atoms with van der Waals surface area (Å²) in [5.41, 5.74) is 5.95. The predicted molar refractivity (Wildman–Crippen MR) is 60.2 cm³/mol. The third-order valence-corrected chi connectivity index (χ3v) is 2.35. The van der Waals surface area contributed by atoms with E-state index in [0.717, 1.165) is 0 Å². The van der Waals surface area contributed by atoms with Crippen LogP contribution in [0.3, 0.4) is 0 Å². The summed E-state index contributed by atoms with van der Waals surface area (Å²) in [5.74, 6) is -0.605. The summed E-state index contributed by atoms with van der Waals surface area (Å²) < 4.78 is 23.9. The van der Waals surface area contributed by atoms with Crippen LogP contribution in [0.5, 0.6) is 0 Å². The molecule has 4 N–H and O–H groups in total. The van der Waals surface area contributed by atoms with Gasteiger partial charge in [-0.1, -0.05) is 11.6 Å². The molecule has 0 aliphatic carbocycles. The predicted octanol–water partition coefficient (Wildman–Crippen LogP) is 1.28. The fraction of sp³-hybridized carbons (Fsp3) is 0.300. The number of carbonyl (C=O) groups is 1. The molecule has 1 aromatic carbocycles. The van der Waals surface area contributed by atoms with Crippen molar-refractivity contribution in [3.8, 4) is 0 Å². The number of amides is 1. The van der Waals surface area contributed by atoms with Crippen molar-refractivity contribution >= 4 is 23.2 Å². The molecule has 0 aromatic heterocycles. The summed E-state index contributed by atoms with van der Waals surface area (Å²) in [4.78, 5) is 11.5. The van der Waals surface area contributed by atoms with Crippen molar-refractivity contribution < 1.29 is 18.7 Å². The summed E-state index contributed by atoms with van der Waals surface area (Å²) in [6.07, 6.45) is -4.78. The second kappa shape index (κ2) is 5.79. The van der Waals surface area contributed by atoms with E-state index in [2.05, 4.69) is 5.32 Å². The van der Waals surface area contributed by atoms with Gasteiger partial charge in [-0.25, -0.2) is 8.78 Å². The van der Waals surface area contributed by atoms with Crippen LogP contribution in [0.2, 0.25) is 5.02 Å². The second-order valence-electron chi connectivity index (χ2n) is 3.35. The Kier molecular flexibility index (Phi) is 4.65. The topological polar surface area (TPSA) is 75.4 Å². The number of alkyl halides is 2. The van der Waals surface area contributed by atoms with E-state index >= 15 is 0 Å². The van der Waals surface area contributed by atoms with Gasteiger partial charge in [-0.2, -0.15) is 0 Å². The molecule has 0 spiro atoms. The molecule has 1 rings (SSSR count). The smallest absolute Gasteiger partial charge is 0.265 e. The minimum absolute atomic E-state index is 0.186. The van der Waals surface area contributed by atoms with Gasteiger partial charge in [-0.15, -0.1) is 0 Å². The number of aliphatic hydroxyl groups excluding tert-OH is 1. The Morgan fingerprint density at radius 1 is 1.53 bits per heavy atom. The zero-order chi connectivity index (χ0) is 13.0. The van der Waals surface area contributed by atoms with Gasteiger partial charge in [0.15, 0.2) is 0 Å². The molecule has 0 saturated carbocycles. The lowest BCUT2D eigenvalue weighted by molar-refractivity contribution is -0.00270. The highest BCUT2D eigenvalue weighted by Crippen LogP contribution is 2.19. The van der Waals surface area contributed by atoms with Crippen LogP contribution in [-0.2, 0) is 0 Å². The molecule has 0 heterocycles. The fourth-order valence-electron chi connectivity index (χ4n) is 1.06. The average Bonchev–Trinajstić information content (AvgIpc) is 2.28. The number of nitrogens with one attached hydrogen (secondary N) is 1. The van der Waals surface area contributed by atoms with E-state index in [4.69, 9.17) is 22.4 Å². The number of aliphatic hydroxyl groups is 1. The van der Waals surface area contributed by atoms with Gasteiger partial charge >= 0.3 is 0 Å². The maximum atomic E-state index is 12.0. The van der Waals surface area contributed by atoms with Gasteiger partial charge in [0, 0.05) is 12.1 Å². The monoisotopic (exact) mass is 264 g/mol. The molecule has 0 radical (unpaired) electrons. The van der Waals surface area contributed by atoms with Crippen molar-refractivity contribution in [2.24, 2.45) is 0 Å². The number of nitrogen functional groups attached to an aromatic ring is 1. The molecule has 94 valence electrons. The largest absolute Gasteiger partial charge is 0.398 e. The highest BCUT2D eigenvalue weighted by Gasteiger charge is 2.18. The van der Waals surface area contributed by atoms with Crippen LogP contribution in [0.25, 0.3) is 0 Å². The highest BCUT2D eigenvalue weighted by atomic mass is 35.5. The molecule has 0 saturated heterocycles. The molecule has 0 aliphatic rings. The van der Waals surface area contributed by atoms with Crippen molar-refractivity contribution in [3.05, 3.63) is 28.8 Å². The number of benzene rings is 1. The Labute approximate surface area is 101 Å². The van der Waals surface area contributed by atoms with E-state index in [0.29, 0.717) is 5.69 Å². The normalized spacial score (nSPS) is 12.5. The summed E-state index contributed by atoms with van der Waals surface area (Å²) in [5, 5.41) is 11.2. The Morgan fingerprint density at radius 2 is 2.18 bits per heavy atom. The van der Waals surface area contributed by atoms with Gasteiger partial charge in [0.25, 0.3) is 12.3 Å². The molecule has 7 heteroatoms. The van der Waals surface area contributed by atoms with Gasteiger partial charge in [-0.05, 0) is 18.2 Å². The fourth-order valence-corrected chi connectivity index (χ4v) is 1.24. The second-order valence-corrected chi connectivity index (χ2v) is 3.76. The van der Waals surface area contributed by atoms with Crippen molar-refractivity contribution in [1.82, 2.24) is 5.32 Å². The molecule has 0 bridgehead atoms. The lowest BCUT2D eigenvalue weighted by atomic mass is 10.2. The van der Waals surface area contributed by atoms with Crippen LogP contribution in [0, 0.1) is 0 Å². The maximum absolute atomic E-state index is 12.0. The molecule has 1 aromatic rings. The Balaban J connectivity index is 2.61. The van der Waals surface area contributed by atoms with Gasteiger partial charge in [-0.3, -0.25) is 4.79 Å². The van der Waals surface area contributed by atoms with Gasteiger partial charge in [0.2, 0.25) is 0 Å². The molecule has 17 heavy (non-hydrogen) atoms. The van der Waals surface area contributed by atoms with Crippen LogP contribution < -0.4 is 11.1 Å². The number of anilines is 1. The molecular formula is C10H11ClF2N2O2. The first kappa shape index (κ1) is 13.7. The van der Waals surface area contributed by atoms with Gasteiger partial charge in [0.1, 0.15) is 6.10 Å². The first-order valence-electron chi connectivity index (χ1n) is 4.71. The van der Waals surface area contributed by atoms with Crippen LogP contribution >= 0.6 is 11.6 Å². The Bertz CT molecular complexity index is 415. The first-order valence-corrected chi connectivity index (χ1v) is 5.09. The van der Waals surface area contributed by atoms with E-state index in [9.17, 15) is 13.6 Å². The summed E-state index contributed by atoms with van der Waals surface area (Å²) in [6, 6.07) is 4.16. The quantitative estimate of drug-likeness (QED) is 0.717. The van der Waals surface area contributed by atoms with Crippen molar-refractivity contribution in [1.29, 1.82) is 0 Å². The molecule has 1 amide bonds. The number of rotatable bonds is 4.